The lowest BCUT2D eigenvalue weighted by Crippen LogP contribution is -2.31. The first-order chi connectivity index (χ1) is 9.76. The summed E-state index contributed by atoms with van der Waals surface area (Å²) in [5.41, 5.74) is 10.4. The number of benzene rings is 1. The first-order valence-electron chi connectivity index (χ1n) is 7.10. The fourth-order valence-corrected chi connectivity index (χ4v) is 3.22. The van der Waals surface area contributed by atoms with Crippen LogP contribution in [0.2, 0.25) is 0 Å². The Labute approximate surface area is 117 Å². The molecule has 0 unspecified atom stereocenters. The fraction of sp³-hybridized carbons (Fsp3) is 0.375. The van der Waals surface area contributed by atoms with Crippen molar-refractivity contribution in [3.8, 4) is 0 Å². The van der Waals surface area contributed by atoms with E-state index in [1.54, 1.807) is 0 Å². The monoisotopic (exact) mass is 270 g/mol. The van der Waals surface area contributed by atoms with Crippen LogP contribution in [0.4, 0.5) is 5.69 Å². The molecule has 20 heavy (non-hydrogen) atoms. The molecule has 1 aromatic heterocycles. The number of nitrogen functional groups attached to an aromatic ring is 1. The normalized spacial score (nSPS) is 21.5. The van der Waals surface area contributed by atoms with E-state index in [2.05, 4.69) is 17.3 Å². The van der Waals surface area contributed by atoms with Gasteiger partial charge in [0.15, 0.2) is 5.79 Å². The van der Waals surface area contributed by atoms with Crippen LogP contribution in [0.15, 0.2) is 30.5 Å². The Morgan fingerprint density at radius 2 is 2.05 bits per heavy atom. The van der Waals surface area contributed by atoms with Crippen molar-refractivity contribution in [1.29, 1.82) is 0 Å². The van der Waals surface area contributed by atoms with Crippen molar-refractivity contribution in [1.82, 2.24) is 4.98 Å². The fourth-order valence-electron chi connectivity index (χ4n) is 3.22. The van der Waals surface area contributed by atoms with E-state index in [1.807, 2.05) is 18.2 Å². The molecular formula is C16H18N2O2. The summed E-state index contributed by atoms with van der Waals surface area (Å²) in [6.45, 7) is 1.43. The van der Waals surface area contributed by atoms with E-state index in [9.17, 15) is 0 Å². The van der Waals surface area contributed by atoms with Crippen LogP contribution in [0.25, 0.3) is 16.5 Å². The van der Waals surface area contributed by atoms with Crippen LogP contribution in [-0.2, 0) is 9.47 Å². The first kappa shape index (κ1) is 12.0. The zero-order chi connectivity index (χ0) is 13.6. The van der Waals surface area contributed by atoms with Gasteiger partial charge in [-0.15, -0.1) is 0 Å². The van der Waals surface area contributed by atoms with Crippen LogP contribution < -0.4 is 5.73 Å². The van der Waals surface area contributed by atoms with Crippen LogP contribution in [0.1, 0.15) is 24.8 Å². The van der Waals surface area contributed by atoms with Gasteiger partial charge < -0.3 is 20.2 Å². The number of hydrogen-bond donors (Lipinski definition) is 2. The zero-order valence-electron chi connectivity index (χ0n) is 11.3. The van der Waals surface area contributed by atoms with Crippen LogP contribution >= 0.6 is 0 Å². The molecule has 1 aliphatic heterocycles. The highest BCUT2D eigenvalue weighted by Crippen LogP contribution is 2.40. The number of nitrogens with one attached hydrogen (secondary N) is 1. The number of allylic oxidation sites excluding steroid dienone is 1. The molecule has 0 saturated carbocycles. The molecule has 1 aliphatic carbocycles. The average molecular weight is 270 g/mol. The summed E-state index contributed by atoms with van der Waals surface area (Å²) in [5, 5.41) is 1.19. The highest BCUT2D eigenvalue weighted by Gasteiger charge is 2.37. The van der Waals surface area contributed by atoms with E-state index in [1.165, 1.54) is 16.5 Å². The van der Waals surface area contributed by atoms with Crippen LogP contribution in [0.5, 0.6) is 0 Å². The third-order valence-corrected chi connectivity index (χ3v) is 4.30. The van der Waals surface area contributed by atoms with Gasteiger partial charge in [0.05, 0.1) is 13.2 Å². The standard InChI is InChI=1S/C16H18N2O2/c17-12-1-2-15-13(9-12)14(10-18-15)11-3-5-16(6-4-11)19-7-8-20-16/h1-3,9-10,18H,4-8,17H2. The Morgan fingerprint density at radius 3 is 2.80 bits per heavy atom. The summed E-state index contributed by atoms with van der Waals surface area (Å²) < 4.78 is 11.5. The van der Waals surface area contributed by atoms with Gasteiger partial charge in [0.2, 0.25) is 0 Å². The molecule has 2 aliphatic rings. The number of rotatable bonds is 1. The van der Waals surface area contributed by atoms with Gasteiger partial charge in [0.25, 0.3) is 0 Å². The van der Waals surface area contributed by atoms with Gasteiger partial charge in [-0.05, 0) is 30.2 Å². The molecule has 0 bridgehead atoms. The lowest BCUT2D eigenvalue weighted by Gasteiger charge is -2.30. The third kappa shape index (κ3) is 1.84. The average Bonchev–Trinajstić information content (AvgIpc) is 3.07. The minimum absolute atomic E-state index is 0.353. The summed E-state index contributed by atoms with van der Waals surface area (Å²) >= 11 is 0. The molecule has 4 nitrogen and oxygen atoms in total. The van der Waals surface area contributed by atoms with E-state index >= 15 is 0 Å². The van der Waals surface area contributed by atoms with Crippen molar-refractivity contribution in [3.05, 3.63) is 36.0 Å². The maximum atomic E-state index is 5.90. The summed E-state index contributed by atoms with van der Waals surface area (Å²) in [7, 11) is 0. The maximum absolute atomic E-state index is 5.90. The number of aromatic nitrogens is 1. The lowest BCUT2D eigenvalue weighted by molar-refractivity contribution is -0.159. The lowest BCUT2D eigenvalue weighted by atomic mass is 9.89. The van der Waals surface area contributed by atoms with Crippen molar-refractivity contribution >= 4 is 22.2 Å². The summed E-state index contributed by atoms with van der Waals surface area (Å²) in [4.78, 5) is 3.31. The van der Waals surface area contributed by atoms with E-state index in [-0.39, 0.29) is 5.79 Å². The van der Waals surface area contributed by atoms with Crippen LogP contribution in [-0.4, -0.2) is 24.0 Å². The molecule has 1 aromatic carbocycles. The van der Waals surface area contributed by atoms with E-state index in [4.69, 9.17) is 15.2 Å². The number of H-pyrrole nitrogens is 1. The number of anilines is 1. The van der Waals surface area contributed by atoms with Crippen molar-refractivity contribution in [2.24, 2.45) is 0 Å². The summed E-state index contributed by atoms with van der Waals surface area (Å²) in [5.74, 6) is -0.353. The Hall–Kier alpha value is -1.78. The zero-order valence-corrected chi connectivity index (χ0v) is 11.3. The molecule has 0 radical (unpaired) electrons. The third-order valence-electron chi connectivity index (χ3n) is 4.30. The molecular weight excluding hydrogens is 252 g/mol. The largest absolute Gasteiger partial charge is 0.399 e. The van der Waals surface area contributed by atoms with Crippen molar-refractivity contribution in [2.75, 3.05) is 18.9 Å². The molecule has 0 amide bonds. The molecule has 2 aromatic rings. The van der Waals surface area contributed by atoms with E-state index in [0.717, 1.165) is 30.5 Å². The van der Waals surface area contributed by atoms with Gasteiger partial charge >= 0.3 is 0 Å². The predicted octanol–water partition coefficient (Wildman–Crippen LogP) is 3.06. The highest BCUT2D eigenvalue weighted by molar-refractivity contribution is 5.94. The van der Waals surface area contributed by atoms with Gasteiger partial charge in [-0.2, -0.15) is 0 Å². The molecule has 1 fully saturated rings. The summed E-state index contributed by atoms with van der Waals surface area (Å²) in [6, 6.07) is 5.99. The SMILES string of the molecule is Nc1ccc2[nH]cc(C3=CCC4(CC3)OCCO4)c2c1. The van der Waals surface area contributed by atoms with Crippen molar-refractivity contribution in [3.63, 3.8) is 0 Å². The highest BCUT2D eigenvalue weighted by atomic mass is 16.7. The topological polar surface area (TPSA) is 60.3 Å². The molecule has 4 rings (SSSR count). The van der Waals surface area contributed by atoms with Gasteiger partial charge in [0, 0.05) is 41.2 Å². The number of aromatic amines is 1. The molecule has 1 spiro atoms. The predicted molar refractivity (Wildman–Crippen MR) is 79.2 cm³/mol. The number of nitrogens with two attached hydrogens (primary N) is 1. The molecule has 1 saturated heterocycles. The Kier molecular flexibility index (Phi) is 2.62. The van der Waals surface area contributed by atoms with Crippen molar-refractivity contribution in [2.45, 2.75) is 25.0 Å². The molecule has 3 N–H and O–H groups in total. The Morgan fingerprint density at radius 1 is 1.20 bits per heavy atom. The molecule has 0 atom stereocenters. The van der Waals surface area contributed by atoms with Gasteiger partial charge in [-0.25, -0.2) is 0 Å². The second kappa shape index (κ2) is 4.36. The van der Waals surface area contributed by atoms with E-state index < -0.39 is 0 Å². The number of ether oxygens (including phenoxy) is 2. The number of fused-ring (bicyclic) bond motifs is 1. The second-order valence-corrected chi connectivity index (χ2v) is 5.55. The molecule has 2 heterocycles. The maximum Gasteiger partial charge on any atom is 0.172 e. The van der Waals surface area contributed by atoms with E-state index in [0.29, 0.717) is 13.2 Å². The Bertz CT molecular complexity index is 681. The van der Waals surface area contributed by atoms with Crippen LogP contribution in [0, 0.1) is 0 Å². The second-order valence-electron chi connectivity index (χ2n) is 5.55. The molecule has 104 valence electrons. The van der Waals surface area contributed by atoms with Gasteiger partial charge in [0.1, 0.15) is 0 Å². The van der Waals surface area contributed by atoms with Crippen LogP contribution in [0.3, 0.4) is 0 Å². The first-order valence-corrected chi connectivity index (χ1v) is 7.10. The summed E-state index contributed by atoms with van der Waals surface area (Å²) in [6.07, 6.45) is 7.05. The van der Waals surface area contributed by atoms with Gasteiger partial charge in [-0.3, -0.25) is 0 Å². The number of hydrogen-bond acceptors (Lipinski definition) is 3. The smallest absolute Gasteiger partial charge is 0.172 e. The van der Waals surface area contributed by atoms with Gasteiger partial charge in [-0.1, -0.05) is 6.08 Å². The molecule has 4 heteroatoms. The van der Waals surface area contributed by atoms with Crippen molar-refractivity contribution < 1.29 is 9.47 Å². The minimum Gasteiger partial charge on any atom is -0.399 e. The minimum atomic E-state index is -0.353. The Balaban J connectivity index is 1.70. The quantitative estimate of drug-likeness (QED) is 0.783.